The van der Waals surface area contributed by atoms with E-state index in [-0.39, 0.29) is 18.4 Å². The number of fused-ring (bicyclic) bond motifs is 1. The molecule has 0 radical (unpaired) electrons. The largest absolute Gasteiger partial charge is 0.386 e. The van der Waals surface area contributed by atoms with Gasteiger partial charge < -0.3 is 15.3 Å². The quantitative estimate of drug-likeness (QED) is 0.692. The maximum absolute atomic E-state index is 12.6. The third-order valence-electron chi connectivity index (χ3n) is 5.44. The highest BCUT2D eigenvalue weighted by molar-refractivity contribution is 7.19. The molecule has 146 valence electrons. The number of aliphatic hydroxyl groups is 1. The van der Waals surface area contributed by atoms with Crippen molar-refractivity contribution < 1.29 is 9.90 Å². The second-order valence-electron chi connectivity index (χ2n) is 7.37. The average Bonchev–Trinajstić information content (AvgIpc) is 3.17. The fourth-order valence-corrected chi connectivity index (χ4v) is 4.86. The van der Waals surface area contributed by atoms with E-state index < -0.39 is 6.10 Å². The second kappa shape index (κ2) is 8.29. The summed E-state index contributed by atoms with van der Waals surface area (Å²) in [5, 5.41) is 14.6. The van der Waals surface area contributed by atoms with Crippen LogP contribution < -0.4 is 10.2 Å². The molecule has 6 heteroatoms. The Hall–Kier alpha value is -2.44. The fourth-order valence-electron chi connectivity index (χ4n) is 3.81. The van der Waals surface area contributed by atoms with Gasteiger partial charge in [0.1, 0.15) is 6.10 Å². The van der Waals surface area contributed by atoms with Gasteiger partial charge in [-0.1, -0.05) is 18.2 Å². The average molecular weight is 396 g/mol. The van der Waals surface area contributed by atoms with Crippen LogP contribution in [0.15, 0.2) is 48.8 Å². The van der Waals surface area contributed by atoms with E-state index >= 15 is 0 Å². The topological polar surface area (TPSA) is 65.5 Å². The van der Waals surface area contributed by atoms with E-state index in [1.54, 1.807) is 11.3 Å². The molecule has 1 amide bonds. The number of piperidine rings is 1. The Morgan fingerprint density at radius 3 is 2.86 bits per heavy atom. The number of carbonyl (C=O) groups is 1. The predicted molar refractivity (Wildman–Crippen MR) is 114 cm³/mol. The SMILES string of the molecule is Cc1cnccc1N1CCC(C(=O)NCC(O)c2cc3ccccc3s2)CC1. The molecule has 28 heavy (non-hydrogen) atoms. The Bertz CT molecular complexity index is 930. The Morgan fingerprint density at radius 1 is 1.32 bits per heavy atom. The van der Waals surface area contributed by atoms with Gasteiger partial charge in [0.2, 0.25) is 5.91 Å². The normalized spacial score (nSPS) is 16.3. The van der Waals surface area contributed by atoms with Crippen LogP contribution in [-0.2, 0) is 4.79 Å². The molecule has 1 saturated heterocycles. The first-order valence-corrected chi connectivity index (χ1v) is 10.5. The molecular formula is C22H25N3O2S. The highest BCUT2D eigenvalue weighted by Crippen LogP contribution is 2.30. The zero-order valence-corrected chi connectivity index (χ0v) is 16.8. The number of thiophene rings is 1. The lowest BCUT2D eigenvalue weighted by atomic mass is 9.95. The first-order chi connectivity index (χ1) is 13.6. The van der Waals surface area contributed by atoms with Gasteiger partial charge in [-0.2, -0.15) is 0 Å². The first kappa shape index (κ1) is 18.9. The van der Waals surface area contributed by atoms with Crippen LogP contribution in [0.4, 0.5) is 5.69 Å². The molecule has 1 fully saturated rings. The zero-order chi connectivity index (χ0) is 19.5. The summed E-state index contributed by atoms with van der Waals surface area (Å²) in [4.78, 5) is 19.9. The van der Waals surface area contributed by atoms with Crippen LogP contribution in [0, 0.1) is 12.8 Å². The molecule has 1 aliphatic rings. The molecular weight excluding hydrogens is 370 g/mol. The van der Waals surface area contributed by atoms with Gasteiger partial charge in [-0.05, 0) is 48.9 Å². The van der Waals surface area contributed by atoms with Gasteiger partial charge in [0.15, 0.2) is 0 Å². The van der Waals surface area contributed by atoms with E-state index in [1.165, 1.54) is 5.69 Å². The van der Waals surface area contributed by atoms with Gasteiger partial charge in [-0.3, -0.25) is 9.78 Å². The van der Waals surface area contributed by atoms with Crippen molar-refractivity contribution in [3.8, 4) is 0 Å². The van der Waals surface area contributed by atoms with Crippen molar-refractivity contribution in [1.82, 2.24) is 10.3 Å². The molecule has 4 rings (SSSR count). The standard InChI is InChI=1S/C22H25N3O2S/c1-15-13-23-9-6-18(15)25-10-7-16(8-11-25)22(27)24-14-19(26)21-12-17-4-2-3-5-20(17)28-21/h2-6,9,12-13,16,19,26H,7-8,10-11,14H2,1H3,(H,24,27). The van der Waals surface area contributed by atoms with Gasteiger partial charge in [0, 0.05) is 53.2 Å². The number of pyridine rings is 1. The van der Waals surface area contributed by atoms with E-state index in [2.05, 4.69) is 22.1 Å². The predicted octanol–water partition coefficient (Wildman–Crippen LogP) is 3.67. The van der Waals surface area contributed by atoms with Crippen LogP contribution in [0.1, 0.15) is 29.4 Å². The zero-order valence-electron chi connectivity index (χ0n) is 16.0. The number of nitrogens with one attached hydrogen (secondary N) is 1. The summed E-state index contributed by atoms with van der Waals surface area (Å²) in [6.07, 6.45) is 4.68. The Morgan fingerprint density at radius 2 is 2.11 bits per heavy atom. The summed E-state index contributed by atoms with van der Waals surface area (Å²) in [6, 6.07) is 12.1. The number of carbonyl (C=O) groups excluding carboxylic acids is 1. The molecule has 2 N–H and O–H groups in total. The number of nitrogens with zero attached hydrogens (tertiary/aromatic N) is 2. The highest BCUT2D eigenvalue weighted by Gasteiger charge is 2.26. The smallest absolute Gasteiger partial charge is 0.223 e. The monoisotopic (exact) mass is 395 g/mol. The Kier molecular flexibility index (Phi) is 5.59. The molecule has 2 aromatic heterocycles. The molecule has 1 unspecified atom stereocenters. The lowest BCUT2D eigenvalue weighted by Gasteiger charge is -2.33. The number of rotatable bonds is 5. The summed E-state index contributed by atoms with van der Waals surface area (Å²) < 4.78 is 1.15. The number of aryl methyl sites for hydroxylation is 1. The van der Waals surface area contributed by atoms with Gasteiger partial charge >= 0.3 is 0 Å². The van der Waals surface area contributed by atoms with Crippen molar-refractivity contribution in [3.05, 3.63) is 59.2 Å². The van der Waals surface area contributed by atoms with Gasteiger partial charge in [-0.15, -0.1) is 11.3 Å². The first-order valence-electron chi connectivity index (χ1n) is 9.71. The molecule has 0 aliphatic carbocycles. The molecule has 5 nitrogen and oxygen atoms in total. The van der Waals surface area contributed by atoms with Gasteiger partial charge in [0.25, 0.3) is 0 Å². The molecule has 3 heterocycles. The van der Waals surface area contributed by atoms with Crippen molar-refractivity contribution in [2.75, 3.05) is 24.5 Å². The minimum absolute atomic E-state index is 0.00741. The number of aromatic nitrogens is 1. The van der Waals surface area contributed by atoms with Crippen LogP contribution in [0.3, 0.4) is 0 Å². The third kappa shape index (κ3) is 4.03. The van der Waals surface area contributed by atoms with E-state index in [4.69, 9.17) is 0 Å². The Labute approximate surface area is 169 Å². The van der Waals surface area contributed by atoms with Crippen molar-refractivity contribution in [2.24, 2.45) is 5.92 Å². The summed E-state index contributed by atoms with van der Waals surface area (Å²) in [7, 11) is 0. The van der Waals surface area contributed by atoms with E-state index in [1.807, 2.05) is 48.8 Å². The number of benzene rings is 1. The molecule has 0 bridgehead atoms. The van der Waals surface area contributed by atoms with Crippen LogP contribution in [-0.4, -0.2) is 35.6 Å². The van der Waals surface area contributed by atoms with Crippen LogP contribution in [0.2, 0.25) is 0 Å². The number of hydrogen-bond acceptors (Lipinski definition) is 5. The van der Waals surface area contributed by atoms with Gasteiger partial charge in [-0.25, -0.2) is 0 Å². The minimum Gasteiger partial charge on any atom is -0.386 e. The van der Waals surface area contributed by atoms with E-state index in [0.717, 1.165) is 46.5 Å². The maximum atomic E-state index is 12.6. The van der Waals surface area contributed by atoms with E-state index in [9.17, 15) is 9.90 Å². The maximum Gasteiger partial charge on any atom is 0.223 e. The molecule has 1 aliphatic heterocycles. The van der Waals surface area contributed by atoms with Crippen molar-refractivity contribution in [1.29, 1.82) is 0 Å². The second-order valence-corrected chi connectivity index (χ2v) is 8.49. The number of anilines is 1. The number of aliphatic hydroxyl groups excluding tert-OH is 1. The summed E-state index contributed by atoms with van der Waals surface area (Å²) in [6.45, 7) is 4.05. The molecule has 1 atom stereocenters. The van der Waals surface area contributed by atoms with Crippen molar-refractivity contribution >= 4 is 33.0 Å². The molecule has 1 aromatic carbocycles. The minimum atomic E-state index is -0.666. The van der Waals surface area contributed by atoms with E-state index in [0.29, 0.717) is 0 Å². The summed E-state index contributed by atoms with van der Waals surface area (Å²) >= 11 is 1.58. The lowest BCUT2D eigenvalue weighted by Crippen LogP contribution is -2.41. The highest BCUT2D eigenvalue weighted by atomic mass is 32.1. The number of amides is 1. The third-order valence-corrected chi connectivity index (χ3v) is 6.66. The lowest BCUT2D eigenvalue weighted by molar-refractivity contribution is -0.126. The van der Waals surface area contributed by atoms with Crippen LogP contribution in [0.5, 0.6) is 0 Å². The molecule has 3 aromatic rings. The summed E-state index contributed by atoms with van der Waals surface area (Å²) in [5.41, 5.74) is 2.37. The van der Waals surface area contributed by atoms with Gasteiger partial charge in [0.05, 0.1) is 0 Å². The molecule has 0 spiro atoms. The number of hydrogen-bond donors (Lipinski definition) is 2. The van der Waals surface area contributed by atoms with Crippen LogP contribution in [0.25, 0.3) is 10.1 Å². The summed E-state index contributed by atoms with van der Waals surface area (Å²) in [5.74, 6) is 0.0549. The molecule has 0 saturated carbocycles. The van der Waals surface area contributed by atoms with Crippen molar-refractivity contribution in [2.45, 2.75) is 25.9 Å². The van der Waals surface area contributed by atoms with Crippen molar-refractivity contribution in [3.63, 3.8) is 0 Å². The Balaban J connectivity index is 1.29. The van der Waals surface area contributed by atoms with Crippen LogP contribution >= 0.6 is 11.3 Å². The fraction of sp³-hybridized carbons (Fsp3) is 0.364.